The lowest BCUT2D eigenvalue weighted by Crippen LogP contribution is -2.25. The van der Waals surface area contributed by atoms with Crippen molar-refractivity contribution >= 4 is 0 Å². The van der Waals surface area contributed by atoms with E-state index >= 15 is 0 Å². The fraction of sp³-hybridized carbons (Fsp3) is 0.667. The summed E-state index contributed by atoms with van der Waals surface area (Å²) in [5.41, 5.74) is -0.434. The summed E-state index contributed by atoms with van der Waals surface area (Å²) in [6.07, 6.45) is -2.75. The van der Waals surface area contributed by atoms with Gasteiger partial charge in [0.1, 0.15) is 5.69 Å². The summed E-state index contributed by atoms with van der Waals surface area (Å²) in [7, 11) is 3.02. The van der Waals surface area contributed by atoms with Crippen LogP contribution in [0.3, 0.4) is 0 Å². The van der Waals surface area contributed by atoms with Gasteiger partial charge in [-0.2, -0.15) is 18.3 Å². The first kappa shape index (κ1) is 12.0. The average molecular weight is 221 g/mol. The summed E-state index contributed by atoms with van der Waals surface area (Å²) in [6, 6.07) is -0.00435. The lowest BCUT2D eigenvalue weighted by Gasteiger charge is -2.13. The molecule has 0 bridgehead atoms. The summed E-state index contributed by atoms with van der Waals surface area (Å²) in [5, 5.41) is 6.54. The zero-order chi connectivity index (χ0) is 11.6. The van der Waals surface area contributed by atoms with Gasteiger partial charge < -0.3 is 5.32 Å². The maximum absolute atomic E-state index is 12.6. The number of rotatable bonds is 3. The van der Waals surface area contributed by atoms with Gasteiger partial charge in [0.05, 0.1) is 6.20 Å². The van der Waals surface area contributed by atoms with Crippen molar-refractivity contribution in [1.29, 1.82) is 0 Å². The van der Waals surface area contributed by atoms with E-state index in [1.54, 1.807) is 7.05 Å². The second-order valence-corrected chi connectivity index (χ2v) is 3.53. The van der Waals surface area contributed by atoms with Gasteiger partial charge >= 0.3 is 6.18 Å². The standard InChI is InChI=1S/C9H14F3N3/c1-6(13-2)4-7-5-14-15(3)8(7)9(10,11)12/h5-6,13H,4H2,1-3H3. The molecule has 1 unspecified atom stereocenters. The van der Waals surface area contributed by atoms with E-state index in [4.69, 9.17) is 0 Å². The molecule has 0 amide bonds. The second-order valence-electron chi connectivity index (χ2n) is 3.53. The third kappa shape index (κ3) is 2.71. The Morgan fingerprint density at radius 3 is 2.60 bits per heavy atom. The Hall–Kier alpha value is -1.04. The van der Waals surface area contributed by atoms with Gasteiger partial charge in [-0.25, -0.2) is 0 Å². The molecule has 1 aromatic rings. The number of alkyl halides is 3. The number of halogens is 3. The van der Waals surface area contributed by atoms with Gasteiger partial charge in [0.25, 0.3) is 0 Å². The number of nitrogens with one attached hydrogen (secondary N) is 1. The van der Waals surface area contributed by atoms with Crippen molar-refractivity contribution in [1.82, 2.24) is 15.1 Å². The molecule has 0 saturated carbocycles. The molecule has 0 aliphatic rings. The lowest BCUT2D eigenvalue weighted by molar-refractivity contribution is -0.144. The van der Waals surface area contributed by atoms with Gasteiger partial charge in [-0.15, -0.1) is 0 Å². The number of aryl methyl sites for hydroxylation is 1. The van der Waals surface area contributed by atoms with E-state index < -0.39 is 11.9 Å². The summed E-state index contributed by atoms with van der Waals surface area (Å²) >= 11 is 0. The molecule has 3 nitrogen and oxygen atoms in total. The molecule has 0 aromatic carbocycles. The molecule has 15 heavy (non-hydrogen) atoms. The van der Waals surface area contributed by atoms with Gasteiger partial charge in [0.15, 0.2) is 0 Å². The van der Waals surface area contributed by atoms with Gasteiger partial charge in [-0.1, -0.05) is 0 Å². The Morgan fingerprint density at radius 1 is 1.53 bits per heavy atom. The predicted octanol–water partition coefficient (Wildman–Crippen LogP) is 1.59. The maximum atomic E-state index is 12.6. The SMILES string of the molecule is CNC(C)Cc1cnn(C)c1C(F)(F)F. The van der Waals surface area contributed by atoms with Crippen molar-refractivity contribution in [3.05, 3.63) is 17.5 Å². The van der Waals surface area contributed by atoms with E-state index in [2.05, 4.69) is 10.4 Å². The van der Waals surface area contributed by atoms with Crippen molar-refractivity contribution in [3.8, 4) is 0 Å². The van der Waals surface area contributed by atoms with Crippen LogP contribution in [0.15, 0.2) is 6.20 Å². The number of likely N-dealkylation sites (N-methyl/N-ethyl adjacent to an activating group) is 1. The van der Waals surface area contributed by atoms with Gasteiger partial charge in [0, 0.05) is 18.7 Å². The third-order valence-electron chi connectivity index (χ3n) is 2.30. The highest BCUT2D eigenvalue weighted by atomic mass is 19.4. The molecule has 86 valence electrons. The summed E-state index contributed by atoms with van der Waals surface area (Å²) in [5.74, 6) is 0. The minimum Gasteiger partial charge on any atom is -0.317 e. The molecule has 0 spiro atoms. The zero-order valence-corrected chi connectivity index (χ0v) is 8.89. The molecule has 0 radical (unpaired) electrons. The van der Waals surface area contributed by atoms with E-state index in [0.29, 0.717) is 6.42 Å². The van der Waals surface area contributed by atoms with Crippen LogP contribution in [-0.4, -0.2) is 22.9 Å². The van der Waals surface area contributed by atoms with Crippen molar-refractivity contribution in [2.75, 3.05) is 7.05 Å². The van der Waals surface area contributed by atoms with Crippen LogP contribution in [0.1, 0.15) is 18.2 Å². The van der Waals surface area contributed by atoms with Gasteiger partial charge in [0.2, 0.25) is 0 Å². The van der Waals surface area contributed by atoms with E-state index in [9.17, 15) is 13.2 Å². The molecule has 1 aromatic heterocycles. The highest BCUT2D eigenvalue weighted by Crippen LogP contribution is 2.31. The zero-order valence-electron chi connectivity index (χ0n) is 8.89. The van der Waals surface area contributed by atoms with Gasteiger partial charge in [-0.05, 0) is 20.4 Å². The number of nitrogens with zero attached hydrogens (tertiary/aromatic N) is 2. The molecule has 6 heteroatoms. The van der Waals surface area contributed by atoms with E-state index in [-0.39, 0.29) is 11.6 Å². The Bertz CT molecular complexity index is 330. The quantitative estimate of drug-likeness (QED) is 0.840. The normalized spacial score (nSPS) is 14.3. The van der Waals surface area contributed by atoms with Crippen molar-refractivity contribution in [2.45, 2.75) is 25.6 Å². The van der Waals surface area contributed by atoms with E-state index in [0.717, 1.165) is 4.68 Å². The van der Waals surface area contributed by atoms with Crippen molar-refractivity contribution in [2.24, 2.45) is 7.05 Å². The lowest BCUT2D eigenvalue weighted by atomic mass is 10.1. The van der Waals surface area contributed by atoms with Crippen LogP contribution in [0, 0.1) is 0 Å². The Labute approximate surface area is 86.3 Å². The van der Waals surface area contributed by atoms with Gasteiger partial charge in [-0.3, -0.25) is 4.68 Å². The molecular weight excluding hydrogens is 207 g/mol. The number of aromatic nitrogens is 2. The van der Waals surface area contributed by atoms with Crippen LogP contribution >= 0.6 is 0 Å². The smallest absolute Gasteiger partial charge is 0.317 e. The molecule has 1 heterocycles. The minimum atomic E-state index is -4.34. The van der Waals surface area contributed by atoms with Crippen LogP contribution in [-0.2, 0) is 19.6 Å². The van der Waals surface area contributed by atoms with Crippen LogP contribution in [0.4, 0.5) is 13.2 Å². The van der Waals surface area contributed by atoms with E-state index in [1.807, 2.05) is 6.92 Å². The third-order valence-corrected chi connectivity index (χ3v) is 2.30. The second kappa shape index (κ2) is 4.22. The average Bonchev–Trinajstić information content (AvgIpc) is 2.46. The number of hydrogen-bond acceptors (Lipinski definition) is 2. The predicted molar refractivity (Wildman–Crippen MR) is 50.4 cm³/mol. The summed E-state index contributed by atoms with van der Waals surface area (Å²) in [6.45, 7) is 1.83. The molecule has 0 aliphatic carbocycles. The molecule has 1 rings (SSSR count). The highest BCUT2D eigenvalue weighted by Gasteiger charge is 2.37. The van der Waals surface area contributed by atoms with Crippen LogP contribution in [0.2, 0.25) is 0 Å². The van der Waals surface area contributed by atoms with Crippen molar-refractivity contribution < 1.29 is 13.2 Å². The summed E-state index contributed by atoms with van der Waals surface area (Å²) in [4.78, 5) is 0. The Morgan fingerprint density at radius 2 is 2.13 bits per heavy atom. The fourth-order valence-corrected chi connectivity index (χ4v) is 1.43. The highest BCUT2D eigenvalue weighted by molar-refractivity contribution is 5.21. The first-order valence-corrected chi connectivity index (χ1v) is 4.61. The topological polar surface area (TPSA) is 29.9 Å². The van der Waals surface area contributed by atoms with E-state index in [1.165, 1.54) is 13.2 Å². The Balaban J connectivity index is 2.99. The van der Waals surface area contributed by atoms with Crippen LogP contribution in [0.25, 0.3) is 0 Å². The molecule has 1 N–H and O–H groups in total. The first-order valence-electron chi connectivity index (χ1n) is 4.61. The molecule has 0 saturated heterocycles. The Kier molecular flexibility index (Phi) is 3.38. The monoisotopic (exact) mass is 221 g/mol. The first-order chi connectivity index (χ1) is 6.86. The molecule has 0 fully saturated rings. The maximum Gasteiger partial charge on any atom is 0.433 e. The minimum absolute atomic E-state index is 0.00435. The van der Waals surface area contributed by atoms with Crippen LogP contribution in [0.5, 0.6) is 0 Å². The van der Waals surface area contributed by atoms with Crippen LogP contribution < -0.4 is 5.32 Å². The summed E-state index contributed by atoms with van der Waals surface area (Å²) < 4.78 is 38.7. The molecule has 1 atom stereocenters. The number of hydrogen-bond donors (Lipinski definition) is 1. The molecular formula is C9H14F3N3. The molecule has 0 aliphatic heterocycles. The van der Waals surface area contributed by atoms with Crippen molar-refractivity contribution in [3.63, 3.8) is 0 Å². The largest absolute Gasteiger partial charge is 0.433 e. The fourth-order valence-electron chi connectivity index (χ4n) is 1.43.